The number of nitrogens with zero attached hydrogens (tertiary/aromatic N) is 4. The molecule has 4 atom stereocenters. The van der Waals surface area contributed by atoms with E-state index in [9.17, 15) is 19.5 Å². The highest BCUT2D eigenvalue weighted by molar-refractivity contribution is 5.91. The number of aliphatic hydroxyl groups excluding tert-OH is 1. The molecule has 2 saturated heterocycles. The summed E-state index contributed by atoms with van der Waals surface area (Å²) >= 11 is 0. The maximum atomic E-state index is 13.7. The molecule has 3 N–H and O–H groups in total. The number of rotatable bonds is 7. The smallest absolute Gasteiger partial charge is 0.391 e. The number of aliphatic hydroxyl groups is 1. The van der Waals surface area contributed by atoms with Crippen molar-refractivity contribution in [1.82, 2.24) is 25.6 Å². The van der Waals surface area contributed by atoms with Gasteiger partial charge in [0.2, 0.25) is 11.8 Å². The molecule has 2 aromatic rings. The second kappa shape index (κ2) is 12.3. The van der Waals surface area contributed by atoms with Gasteiger partial charge in [0.1, 0.15) is 12.0 Å². The Balaban J connectivity index is 1.45. The van der Waals surface area contributed by atoms with Gasteiger partial charge in [-0.1, -0.05) is 26.0 Å². The number of benzene rings is 1. The van der Waals surface area contributed by atoms with Gasteiger partial charge in [-0.15, -0.1) is 0 Å². The summed E-state index contributed by atoms with van der Waals surface area (Å²) in [7, 11) is 0. The summed E-state index contributed by atoms with van der Waals surface area (Å²) in [6.07, 6.45) is -1.29. The van der Waals surface area contributed by atoms with E-state index in [2.05, 4.69) is 21.9 Å². The van der Waals surface area contributed by atoms with Gasteiger partial charge in [0.25, 0.3) is 5.88 Å². The summed E-state index contributed by atoms with van der Waals surface area (Å²) in [6, 6.07) is 9.12. The molecule has 0 saturated carbocycles. The van der Waals surface area contributed by atoms with Crippen molar-refractivity contribution in [1.29, 1.82) is 5.26 Å². The fraction of sp³-hybridized carbons (Fsp3) is 0.519. The summed E-state index contributed by atoms with van der Waals surface area (Å²) in [5.74, 6) is -1.64. The van der Waals surface area contributed by atoms with Crippen LogP contribution in [-0.2, 0) is 9.59 Å². The van der Waals surface area contributed by atoms with E-state index in [1.54, 1.807) is 29.2 Å². The normalized spacial score (nSPS) is 20.8. The van der Waals surface area contributed by atoms with Crippen molar-refractivity contribution in [2.24, 2.45) is 5.92 Å². The molecule has 2 aliphatic rings. The summed E-state index contributed by atoms with van der Waals surface area (Å²) in [6.45, 7) is 7.87. The van der Waals surface area contributed by atoms with E-state index < -0.39 is 24.2 Å². The van der Waals surface area contributed by atoms with Gasteiger partial charge in [0, 0.05) is 45.2 Å². The zero-order chi connectivity index (χ0) is 28.1. The third kappa shape index (κ3) is 6.55. The molecule has 4 rings (SSSR count). The van der Waals surface area contributed by atoms with E-state index in [1.807, 2.05) is 20.8 Å². The molecule has 208 valence electrons. The minimum atomic E-state index is -0.873. The number of hydrogen-bond donors (Lipinski definition) is 3. The Kier molecular flexibility index (Phi) is 8.83. The highest BCUT2D eigenvalue weighted by Gasteiger charge is 2.43. The Morgan fingerprint density at radius 2 is 1.90 bits per heavy atom. The lowest BCUT2D eigenvalue weighted by Gasteiger charge is -2.29. The molecule has 0 radical (unpaired) electrons. The number of nitrogens with one attached hydrogen (secondary N) is 2. The van der Waals surface area contributed by atoms with Crippen molar-refractivity contribution in [3.63, 3.8) is 0 Å². The summed E-state index contributed by atoms with van der Waals surface area (Å²) < 4.78 is 10.8. The van der Waals surface area contributed by atoms with Crippen LogP contribution in [0.3, 0.4) is 0 Å². The molecule has 0 bridgehead atoms. The van der Waals surface area contributed by atoms with Gasteiger partial charge in [-0.25, -0.2) is 4.79 Å². The van der Waals surface area contributed by atoms with Gasteiger partial charge in [0.15, 0.2) is 5.76 Å². The van der Waals surface area contributed by atoms with Crippen LogP contribution >= 0.6 is 0 Å². The lowest BCUT2D eigenvalue weighted by molar-refractivity contribution is -0.141. The van der Waals surface area contributed by atoms with Crippen LogP contribution in [-0.4, -0.2) is 82.8 Å². The Morgan fingerprint density at radius 3 is 2.54 bits per heavy atom. The van der Waals surface area contributed by atoms with Gasteiger partial charge in [-0.05, 0) is 35.7 Å². The van der Waals surface area contributed by atoms with Crippen LogP contribution in [0.4, 0.5) is 4.79 Å². The minimum Gasteiger partial charge on any atom is -0.391 e. The monoisotopic (exact) mass is 538 g/mol. The Hall–Kier alpha value is -3.95. The van der Waals surface area contributed by atoms with E-state index in [1.165, 1.54) is 11.0 Å². The first-order valence-corrected chi connectivity index (χ1v) is 13.1. The van der Waals surface area contributed by atoms with Crippen LogP contribution in [0.2, 0.25) is 0 Å². The van der Waals surface area contributed by atoms with Gasteiger partial charge in [-0.2, -0.15) is 5.26 Å². The quantitative estimate of drug-likeness (QED) is 0.475. The topological polar surface area (TPSA) is 161 Å². The lowest BCUT2D eigenvalue weighted by atomic mass is 9.91. The van der Waals surface area contributed by atoms with Gasteiger partial charge < -0.3 is 34.8 Å². The highest BCUT2D eigenvalue weighted by atomic mass is 16.6. The van der Waals surface area contributed by atoms with Crippen molar-refractivity contribution < 1.29 is 28.8 Å². The lowest BCUT2D eigenvalue weighted by Crippen LogP contribution is -2.48. The van der Waals surface area contributed by atoms with E-state index in [0.717, 1.165) is 5.56 Å². The third-order valence-corrected chi connectivity index (χ3v) is 7.08. The molecule has 39 heavy (non-hydrogen) atoms. The second-order valence-corrected chi connectivity index (χ2v) is 10.3. The van der Waals surface area contributed by atoms with Crippen molar-refractivity contribution in [3.8, 4) is 11.9 Å². The van der Waals surface area contributed by atoms with Gasteiger partial charge >= 0.3 is 6.09 Å². The molecule has 0 unspecified atom stereocenters. The van der Waals surface area contributed by atoms with Crippen LogP contribution in [0.1, 0.15) is 56.0 Å². The van der Waals surface area contributed by atoms with E-state index in [-0.39, 0.29) is 48.4 Å². The largest absolute Gasteiger partial charge is 0.416 e. The van der Waals surface area contributed by atoms with Crippen molar-refractivity contribution in [2.75, 3.05) is 32.7 Å². The Bertz CT molecular complexity index is 1220. The molecule has 1 aromatic carbocycles. The van der Waals surface area contributed by atoms with Crippen LogP contribution in [0.25, 0.3) is 0 Å². The number of aromatic nitrogens is 1. The van der Waals surface area contributed by atoms with Crippen molar-refractivity contribution in [2.45, 2.75) is 51.3 Å². The van der Waals surface area contributed by atoms with Crippen LogP contribution in [0.5, 0.6) is 5.88 Å². The maximum absolute atomic E-state index is 13.7. The molecule has 1 aromatic heterocycles. The minimum absolute atomic E-state index is 0.00433. The van der Waals surface area contributed by atoms with Gasteiger partial charge in [0.05, 0.1) is 23.8 Å². The first-order valence-electron chi connectivity index (χ1n) is 13.1. The van der Waals surface area contributed by atoms with Gasteiger partial charge in [-0.3, -0.25) is 9.59 Å². The molecule has 12 heteroatoms. The molecule has 2 fully saturated rings. The van der Waals surface area contributed by atoms with E-state index in [4.69, 9.17) is 14.5 Å². The summed E-state index contributed by atoms with van der Waals surface area (Å²) in [5, 5.41) is 29.3. The third-order valence-electron chi connectivity index (χ3n) is 7.08. The average molecular weight is 539 g/mol. The Morgan fingerprint density at radius 1 is 1.21 bits per heavy atom. The maximum Gasteiger partial charge on any atom is 0.416 e. The molecular weight excluding hydrogens is 504 g/mol. The first kappa shape index (κ1) is 28.1. The summed E-state index contributed by atoms with van der Waals surface area (Å²) in [4.78, 5) is 42.4. The number of ether oxygens (including phenoxy) is 1. The standard InChI is InChI=1S/C27H34N6O6/c1-16(2)24(22-13-23(31-39-22)38-27(37)32-10-8-29-9-11-32)26(36)33-15-20(34)12-21(33)25(35)30-17(3)19-6-4-18(14-28)5-7-19/h4-7,13,16-17,20-21,24,29,34H,8-12,15H2,1-3H3,(H,30,35)/t17-,20+,21-,24+/m0/s1. The van der Waals surface area contributed by atoms with Crippen LogP contribution in [0.15, 0.2) is 34.9 Å². The number of β-amino-alcohol motifs (C(OH)–C–C–N with tert-alkyl or cyclic N) is 1. The summed E-state index contributed by atoms with van der Waals surface area (Å²) in [5.41, 5.74) is 1.32. The number of hydrogen-bond acceptors (Lipinski definition) is 9. The molecule has 12 nitrogen and oxygen atoms in total. The number of piperazine rings is 1. The van der Waals surface area contributed by atoms with E-state index >= 15 is 0 Å². The number of carbonyl (C=O) groups excluding carboxylic acids is 3. The zero-order valence-corrected chi connectivity index (χ0v) is 22.3. The van der Waals surface area contributed by atoms with Crippen molar-refractivity contribution in [3.05, 3.63) is 47.2 Å². The number of likely N-dealkylation sites (tertiary alicyclic amines) is 1. The van der Waals surface area contributed by atoms with E-state index in [0.29, 0.717) is 31.7 Å². The van der Waals surface area contributed by atoms with Crippen molar-refractivity contribution >= 4 is 17.9 Å². The molecule has 3 heterocycles. The zero-order valence-electron chi connectivity index (χ0n) is 22.3. The average Bonchev–Trinajstić information content (AvgIpc) is 3.55. The highest BCUT2D eigenvalue weighted by Crippen LogP contribution is 2.32. The molecule has 0 aliphatic carbocycles. The molecular formula is C27H34N6O6. The Labute approximate surface area is 226 Å². The molecule has 2 aliphatic heterocycles. The predicted octanol–water partition coefficient (Wildman–Crippen LogP) is 1.53. The molecule has 0 spiro atoms. The van der Waals surface area contributed by atoms with Crippen LogP contribution < -0.4 is 15.4 Å². The SMILES string of the molecule is CC(C)[C@@H](C(=O)N1C[C@H](O)C[C@H]1C(=O)N[C@@H](C)c1ccc(C#N)cc1)c1cc(OC(=O)N2CCNCC2)no1. The predicted molar refractivity (Wildman–Crippen MR) is 138 cm³/mol. The molecule has 3 amide bonds. The van der Waals surface area contributed by atoms with Crippen LogP contribution in [0, 0.1) is 17.2 Å². The second-order valence-electron chi connectivity index (χ2n) is 10.3. The number of nitriles is 1. The number of amides is 3. The number of carbonyl (C=O) groups is 3. The first-order chi connectivity index (χ1) is 18.7. The fourth-order valence-electron chi connectivity index (χ4n) is 4.93. The fourth-order valence-corrected chi connectivity index (χ4v) is 4.93.